The molecule has 3 aliphatic rings. The first-order valence-corrected chi connectivity index (χ1v) is 16.4. The molecule has 0 spiro atoms. The Hall–Kier alpha value is -2.42. The van der Waals surface area contributed by atoms with E-state index in [-0.39, 0.29) is 42.8 Å². The quantitative estimate of drug-likeness (QED) is 0.384. The van der Waals surface area contributed by atoms with Crippen molar-refractivity contribution < 1.29 is 43.9 Å². The Balaban J connectivity index is 1.22. The van der Waals surface area contributed by atoms with Crippen LogP contribution in [0.15, 0.2) is 35.2 Å². The number of nitrogens with zero attached hydrogens (tertiary/aromatic N) is 1. The van der Waals surface area contributed by atoms with Crippen molar-refractivity contribution in [2.75, 3.05) is 19.7 Å². The number of carbonyl (C=O) groups is 1. The molecular formula is C26H27ClF4N2O6S2. The molecule has 2 aromatic carbocycles. The zero-order valence-electron chi connectivity index (χ0n) is 21.6. The summed E-state index contributed by atoms with van der Waals surface area (Å²) in [5.41, 5.74) is -0.808. The number of rotatable bonds is 9. The summed E-state index contributed by atoms with van der Waals surface area (Å²) in [5, 5.41) is -1.14. The maximum absolute atomic E-state index is 14.9. The summed E-state index contributed by atoms with van der Waals surface area (Å²) < 4.78 is 113. The molecule has 1 N–H and O–H groups in total. The van der Waals surface area contributed by atoms with Gasteiger partial charge in [0.25, 0.3) is 5.91 Å². The molecule has 1 aliphatic heterocycles. The van der Waals surface area contributed by atoms with Crippen LogP contribution in [-0.2, 0) is 26.2 Å². The molecule has 2 aromatic rings. The Morgan fingerprint density at radius 2 is 1.66 bits per heavy atom. The third kappa shape index (κ3) is 6.65. The lowest BCUT2D eigenvalue weighted by Gasteiger charge is -2.31. The van der Waals surface area contributed by atoms with E-state index in [0.717, 1.165) is 29.3 Å². The van der Waals surface area contributed by atoms with Gasteiger partial charge in [0.2, 0.25) is 20.0 Å². The van der Waals surface area contributed by atoms with E-state index in [1.165, 1.54) is 6.07 Å². The molecule has 2 saturated carbocycles. The van der Waals surface area contributed by atoms with Crippen LogP contribution in [0.4, 0.5) is 17.6 Å². The summed E-state index contributed by atoms with van der Waals surface area (Å²) in [6.45, 7) is 0.327. The molecule has 1 heterocycles. The number of sulfonamides is 2. The molecule has 2 aliphatic carbocycles. The molecular weight excluding hydrogens is 612 g/mol. The van der Waals surface area contributed by atoms with Crippen molar-refractivity contribution in [2.24, 2.45) is 5.92 Å². The summed E-state index contributed by atoms with van der Waals surface area (Å²) in [5.74, 6) is -1.73. The first-order valence-electron chi connectivity index (χ1n) is 13.1. The molecule has 224 valence electrons. The molecule has 0 radical (unpaired) electrons. The van der Waals surface area contributed by atoms with Gasteiger partial charge in [-0.3, -0.25) is 4.79 Å². The number of ether oxygens (including phenoxy) is 1. The second-order valence-electron chi connectivity index (χ2n) is 10.6. The summed E-state index contributed by atoms with van der Waals surface area (Å²) >= 11 is 5.91. The zero-order chi connectivity index (χ0) is 29.7. The van der Waals surface area contributed by atoms with Crippen molar-refractivity contribution in [3.8, 4) is 5.75 Å². The monoisotopic (exact) mass is 638 g/mol. The van der Waals surface area contributed by atoms with Crippen molar-refractivity contribution in [2.45, 2.75) is 60.8 Å². The Kier molecular flexibility index (Phi) is 8.07. The van der Waals surface area contributed by atoms with Gasteiger partial charge in [-0.2, -0.15) is 17.5 Å². The molecule has 5 rings (SSSR count). The highest BCUT2D eigenvalue weighted by atomic mass is 35.5. The van der Waals surface area contributed by atoms with Gasteiger partial charge in [-0.25, -0.2) is 25.9 Å². The zero-order valence-corrected chi connectivity index (χ0v) is 24.0. The number of amides is 1. The van der Waals surface area contributed by atoms with E-state index in [9.17, 15) is 39.2 Å². The summed E-state index contributed by atoms with van der Waals surface area (Å²) in [6.07, 6.45) is -1.34. The Morgan fingerprint density at radius 3 is 2.22 bits per heavy atom. The van der Waals surface area contributed by atoms with E-state index in [2.05, 4.69) is 0 Å². The molecule has 15 heteroatoms. The summed E-state index contributed by atoms with van der Waals surface area (Å²) in [6, 6.07) is 4.54. The number of benzene rings is 2. The van der Waals surface area contributed by atoms with Crippen LogP contribution >= 0.6 is 11.6 Å². The van der Waals surface area contributed by atoms with E-state index in [1.54, 1.807) is 0 Å². The van der Waals surface area contributed by atoms with E-state index in [0.29, 0.717) is 43.4 Å². The average Bonchev–Trinajstić information content (AvgIpc) is 3.80. The lowest BCUT2D eigenvalue weighted by Crippen LogP contribution is -2.39. The SMILES string of the molecule is O=C(NS(=O)(=O)C1CC1)c1cc(C2CC2)c(OCC2CCN(S(=O)(=O)c3ccc(C(F)(F)F)cc3Cl)CC2)cc1F. The maximum atomic E-state index is 14.9. The molecule has 0 atom stereocenters. The van der Waals surface area contributed by atoms with Crippen LogP contribution in [0.1, 0.15) is 65.9 Å². The number of carbonyl (C=O) groups excluding carboxylic acids is 1. The molecule has 0 aromatic heterocycles. The minimum atomic E-state index is -4.66. The van der Waals surface area contributed by atoms with E-state index < -0.39 is 58.7 Å². The fraction of sp³-hybridized carbons (Fsp3) is 0.500. The third-order valence-electron chi connectivity index (χ3n) is 7.48. The first-order chi connectivity index (χ1) is 19.2. The Morgan fingerprint density at radius 1 is 1.00 bits per heavy atom. The highest BCUT2D eigenvalue weighted by molar-refractivity contribution is 7.91. The average molecular weight is 639 g/mol. The Bertz CT molecular complexity index is 1570. The van der Waals surface area contributed by atoms with E-state index in [4.69, 9.17) is 16.3 Å². The lowest BCUT2D eigenvalue weighted by atomic mass is 9.99. The Labute approximate surface area is 240 Å². The van der Waals surface area contributed by atoms with Gasteiger partial charge >= 0.3 is 6.18 Å². The van der Waals surface area contributed by atoms with Crippen LogP contribution in [0.3, 0.4) is 0 Å². The standard InChI is InChI=1S/C26H27ClF4N2O6S2/c27-21-11-17(26(29,30)31)3-6-24(21)41(37,38)33-9-7-15(8-10-33)14-39-23-13-22(28)20(12-19(23)16-1-2-16)25(34)32-40(35,36)18-4-5-18/h3,6,11-13,15-16,18H,1-2,4-5,7-10,14H2,(H,32,34). The van der Waals surface area contributed by atoms with Crippen LogP contribution in [0, 0.1) is 11.7 Å². The minimum absolute atomic E-state index is 0.0534. The first kappa shape index (κ1) is 30.1. The van der Waals surface area contributed by atoms with Crippen LogP contribution in [0.5, 0.6) is 5.75 Å². The second-order valence-corrected chi connectivity index (χ2v) is 14.9. The molecule has 8 nitrogen and oxygen atoms in total. The fourth-order valence-corrected chi connectivity index (χ4v) is 8.06. The lowest BCUT2D eigenvalue weighted by molar-refractivity contribution is -0.137. The van der Waals surface area contributed by atoms with Crippen LogP contribution < -0.4 is 9.46 Å². The maximum Gasteiger partial charge on any atom is 0.416 e. The smallest absolute Gasteiger partial charge is 0.416 e. The summed E-state index contributed by atoms with van der Waals surface area (Å²) in [4.78, 5) is 12.1. The van der Waals surface area contributed by atoms with Crippen molar-refractivity contribution in [1.82, 2.24) is 9.03 Å². The highest BCUT2D eigenvalue weighted by Crippen LogP contribution is 2.45. The van der Waals surface area contributed by atoms with Crippen molar-refractivity contribution in [1.29, 1.82) is 0 Å². The second kappa shape index (κ2) is 11.0. The van der Waals surface area contributed by atoms with Crippen LogP contribution in [0.25, 0.3) is 0 Å². The van der Waals surface area contributed by atoms with Gasteiger partial charge in [0.05, 0.1) is 28.0 Å². The third-order valence-corrected chi connectivity index (χ3v) is 11.7. The number of halogens is 5. The predicted molar refractivity (Wildman–Crippen MR) is 141 cm³/mol. The molecule has 1 amide bonds. The molecule has 0 unspecified atom stereocenters. The molecule has 3 fully saturated rings. The number of alkyl halides is 3. The van der Waals surface area contributed by atoms with Gasteiger partial charge in [-0.15, -0.1) is 0 Å². The van der Waals surface area contributed by atoms with Gasteiger partial charge in [-0.05, 0) is 80.2 Å². The molecule has 41 heavy (non-hydrogen) atoms. The normalized spacial score (nSPS) is 19.2. The van der Waals surface area contributed by atoms with Gasteiger partial charge < -0.3 is 4.74 Å². The van der Waals surface area contributed by atoms with E-state index >= 15 is 0 Å². The van der Waals surface area contributed by atoms with Gasteiger partial charge in [0.1, 0.15) is 16.5 Å². The van der Waals surface area contributed by atoms with Crippen molar-refractivity contribution >= 4 is 37.6 Å². The van der Waals surface area contributed by atoms with Gasteiger partial charge in [0, 0.05) is 19.2 Å². The predicted octanol–water partition coefficient (Wildman–Crippen LogP) is 5.08. The van der Waals surface area contributed by atoms with Gasteiger partial charge in [0.15, 0.2) is 0 Å². The van der Waals surface area contributed by atoms with Crippen molar-refractivity contribution in [3.05, 3.63) is 57.9 Å². The van der Waals surface area contributed by atoms with Crippen LogP contribution in [-0.4, -0.2) is 52.0 Å². The largest absolute Gasteiger partial charge is 0.493 e. The number of hydrogen-bond acceptors (Lipinski definition) is 6. The van der Waals surface area contributed by atoms with E-state index in [1.807, 2.05) is 4.72 Å². The highest BCUT2D eigenvalue weighted by Gasteiger charge is 2.38. The minimum Gasteiger partial charge on any atom is -0.493 e. The summed E-state index contributed by atoms with van der Waals surface area (Å²) in [7, 11) is -7.97. The number of nitrogens with one attached hydrogen (secondary N) is 1. The number of hydrogen-bond donors (Lipinski definition) is 1. The number of piperidine rings is 1. The fourth-order valence-electron chi connectivity index (χ4n) is 4.78. The topological polar surface area (TPSA) is 110 Å². The van der Waals surface area contributed by atoms with Crippen LogP contribution in [0.2, 0.25) is 5.02 Å². The molecule has 1 saturated heterocycles. The molecule has 0 bridgehead atoms. The van der Waals surface area contributed by atoms with Crippen molar-refractivity contribution in [3.63, 3.8) is 0 Å². The van der Waals surface area contributed by atoms with Gasteiger partial charge in [-0.1, -0.05) is 11.6 Å².